The third kappa shape index (κ3) is 4.81. The number of H-pyrrole nitrogens is 1. The summed E-state index contributed by atoms with van der Waals surface area (Å²) in [5.74, 6) is 1.91. The number of nitrogens with zero attached hydrogens (tertiary/aromatic N) is 5. The minimum Gasteiger partial charge on any atom is -0.497 e. The number of hydrogen-bond donors (Lipinski definition) is 1. The molecule has 1 fully saturated rings. The van der Waals surface area contributed by atoms with Gasteiger partial charge in [-0.3, -0.25) is 9.69 Å². The highest BCUT2D eigenvalue weighted by atomic mass is 16.5. The van der Waals surface area contributed by atoms with E-state index in [9.17, 15) is 4.79 Å². The third-order valence-electron chi connectivity index (χ3n) is 6.66. The molecule has 0 radical (unpaired) electrons. The molecule has 1 N–H and O–H groups in total. The first-order chi connectivity index (χ1) is 15.7. The fourth-order valence-corrected chi connectivity index (χ4v) is 5.05. The number of aromatic amines is 1. The molecule has 4 rings (SSSR count). The Morgan fingerprint density at radius 2 is 1.94 bits per heavy atom. The lowest BCUT2D eigenvalue weighted by Gasteiger charge is -2.39. The summed E-state index contributed by atoms with van der Waals surface area (Å²) in [7, 11) is 1.65. The first-order valence-corrected chi connectivity index (χ1v) is 11.9. The highest BCUT2D eigenvalue weighted by molar-refractivity contribution is 5.80. The molecule has 8 heteroatoms. The maximum Gasteiger partial charge on any atom is 0.252 e. The molecule has 33 heavy (non-hydrogen) atoms. The van der Waals surface area contributed by atoms with Crippen LogP contribution in [-0.4, -0.2) is 43.2 Å². The van der Waals surface area contributed by atoms with E-state index >= 15 is 0 Å². The van der Waals surface area contributed by atoms with Crippen LogP contribution in [0.25, 0.3) is 10.9 Å². The van der Waals surface area contributed by atoms with E-state index < -0.39 is 0 Å². The van der Waals surface area contributed by atoms with Crippen LogP contribution < -0.4 is 10.3 Å². The van der Waals surface area contributed by atoms with Crippen LogP contribution in [0.4, 0.5) is 0 Å². The second kappa shape index (κ2) is 9.25. The largest absolute Gasteiger partial charge is 0.497 e. The number of ether oxygens (including phenoxy) is 1. The van der Waals surface area contributed by atoms with Crippen molar-refractivity contribution >= 4 is 10.9 Å². The Morgan fingerprint density at radius 1 is 1.21 bits per heavy atom. The predicted molar refractivity (Wildman–Crippen MR) is 129 cm³/mol. The summed E-state index contributed by atoms with van der Waals surface area (Å²) < 4.78 is 7.33. The normalized spacial score (nSPS) is 16.2. The van der Waals surface area contributed by atoms with Gasteiger partial charge in [-0.1, -0.05) is 26.7 Å². The van der Waals surface area contributed by atoms with E-state index in [1.165, 1.54) is 12.8 Å². The van der Waals surface area contributed by atoms with Crippen molar-refractivity contribution in [3.63, 3.8) is 0 Å². The minimum atomic E-state index is -0.232. The average Bonchev–Trinajstić information content (AvgIpc) is 3.45. The summed E-state index contributed by atoms with van der Waals surface area (Å²) >= 11 is 0. The fourth-order valence-electron chi connectivity index (χ4n) is 5.05. The molecule has 1 atom stereocenters. The number of methoxy groups -OCH3 is 1. The smallest absolute Gasteiger partial charge is 0.252 e. The van der Waals surface area contributed by atoms with Gasteiger partial charge in [0.2, 0.25) is 0 Å². The van der Waals surface area contributed by atoms with Gasteiger partial charge in [-0.25, -0.2) is 4.68 Å². The van der Waals surface area contributed by atoms with Crippen molar-refractivity contribution in [1.29, 1.82) is 0 Å². The van der Waals surface area contributed by atoms with Gasteiger partial charge < -0.3 is 9.72 Å². The van der Waals surface area contributed by atoms with Crippen LogP contribution in [0.2, 0.25) is 0 Å². The van der Waals surface area contributed by atoms with Gasteiger partial charge >= 0.3 is 0 Å². The molecule has 0 saturated heterocycles. The topological polar surface area (TPSA) is 88.9 Å². The molecular weight excluding hydrogens is 416 g/mol. The van der Waals surface area contributed by atoms with Gasteiger partial charge in [0.25, 0.3) is 5.56 Å². The molecule has 1 aromatic carbocycles. The monoisotopic (exact) mass is 452 g/mol. The van der Waals surface area contributed by atoms with Crippen molar-refractivity contribution < 1.29 is 4.74 Å². The standard InChI is InChI=1S/C25H36N6O2/c1-16(2)22(23-27-28-29-31(23)25(3,4)5)30(19-9-7-8-10-19)15-18-13-17-14-20(33-6)11-12-21(17)26-24(18)32/h11-14,16,19,22H,7-10,15H2,1-6H3,(H,26,32). The summed E-state index contributed by atoms with van der Waals surface area (Å²) in [5, 5.41) is 13.8. The lowest BCUT2D eigenvalue weighted by molar-refractivity contribution is 0.0802. The highest BCUT2D eigenvalue weighted by Gasteiger charge is 2.37. The number of hydrogen-bond acceptors (Lipinski definition) is 6. The Bertz CT molecular complexity index is 1150. The van der Waals surface area contributed by atoms with E-state index in [1.54, 1.807) is 7.11 Å². The van der Waals surface area contributed by atoms with Crippen molar-refractivity contribution in [2.45, 2.75) is 84.5 Å². The first kappa shape index (κ1) is 23.4. The number of rotatable bonds is 7. The summed E-state index contributed by atoms with van der Waals surface area (Å²) in [4.78, 5) is 18.6. The lowest BCUT2D eigenvalue weighted by Crippen LogP contribution is -2.42. The quantitative estimate of drug-likeness (QED) is 0.571. The van der Waals surface area contributed by atoms with E-state index in [4.69, 9.17) is 4.74 Å². The van der Waals surface area contributed by atoms with Crippen LogP contribution in [0.3, 0.4) is 0 Å². The molecular formula is C25H36N6O2. The zero-order chi connectivity index (χ0) is 23.8. The maximum atomic E-state index is 13.1. The van der Waals surface area contributed by atoms with Crippen molar-refractivity contribution in [3.05, 3.63) is 46.0 Å². The highest BCUT2D eigenvalue weighted by Crippen LogP contribution is 2.37. The molecule has 8 nitrogen and oxygen atoms in total. The second-order valence-electron chi connectivity index (χ2n) is 10.5. The summed E-state index contributed by atoms with van der Waals surface area (Å²) in [6.07, 6.45) is 4.67. The number of pyridine rings is 1. The summed E-state index contributed by atoms with van der Waals surface area (Å²) in [5.41, 5.74) is 1.29. The number of fused-ring (bicyclic) bond motifs is 1. The fraction of sp³-hybridized carbons (Fsp3) is 0.600. The molecule has 0 spiro atoms. The second-order valence-corrected chi connectivity index (χ2v) is 10.5. The van der Waals surface area contributed by atoms with Crippen molar-refractivity contribution in [2.24, 2.45) is 5.92 Å². The third-order valence-corrected chi connectivity index (χ3v) is 6.66. The van der Waals surface area contributed by atoms with Crippen LogP contribution >= 0.6 is 0 Å². The zero-order valence-corrected chi connectivity index (χ0v) is 20.6. The Kier molecular flexibility index (Phi) is 6.56. The number of nitrogens with one attached hydrogen (secondary N) is 1. The minimum absolute atomic E-state index is 0.00253. The van der Waals surface area contributed by atoms with Gasteiger partial charge in [0, 0.05) is 29.1 Å². The average molecular weight is 453 g/mol. The summed E-state index contributed by atoms with van der Waals surface area (Å²) in [6, 6.07) is 8.12. The van der Waals surface area contributed by atoms with E-state index in [0.29, 0.717) is 12.6 Å². The molecule has 1 aliphatic carbocycles. The van der Waals surface area contributed by atoms with E-state index in [0.717, 1.165) is 40.9 Å². The van der Waals surface area contributed by atoms with E-state index in [1.807, 2.05) is 28.9 Å². The summed E-state index contributed by atoms with van der Waals surface area (Å²) in [6.45, 7) is 11.3. The first-order valence-electron chi connectivity index (χ1n) is 11.9. The zero-order valence-electron chi connectivity index (χ0n) is 20.6. The van der Waals surface area contributed by atoms with E-state index in [2.05, 4.69) is 60.0 Å². The van der Waals surface area contributed by atoms with Crippen molar-refractivity contribution in [1.82, 2.24) is 30.1 Å². The predicted octanol–water partition coefficient (Wildman–Crippen LogP) is 4.42. The van der Waals surface area contributed by atoms with Gasteiger partial charge in [0.05, 0.1) is 18.7 Å². The SMILES string of the molecule is COc1ccc2[nH]c(=O)c(CN(C3CCCC3)C(c3nnnn3C(C)(C)C)C(C)C)cc2c1. The molecule has 1 unspecified atom stereocenters. The van der Waals surface area contributed by atoms with Crippen LogP contribution in [0.1, 0.15) is 77.7 Å². The molecule has 1 saturated carbocycles. The molecule has 2 heterocycles. The van der Waals surface area contributed by atoms with E-state index in [-0.39, 0.29) is 23.1 Å². The molecule has 0 amide bonds. The number of aromatic nitrogens is 5. The Hall–Kier alpha value is -2.74. The molecule has 0 bridgehead atoms. The van der Waals surface area contributed by atoms with Gasteiger partial charge in [-0.15, -0.1) is 5.10 Å². The van der Waals surface area contributed by atoms with Crippen LogP contribution in [0, 0.1) is 5.92 Å². The van der Waals surface area contributed by atoms with Crippen molar-refractivity contribution in [3.8, 4) is 5.75 Å². The molecule has 1 aliphatic rings. The molecule has 2 aromatic heterocycles. The van der Waals surface area contributed by atoms with Crippen molar-refractivity contribution in [2.75, 3.05) is 7.11 Å². The lowest BCUT2D eigenvalue weighted by atomic mass is 9.96. The van der Waals surface area contributed by atoms with Gasteiger partial charge in [0.1, 0.15) is 5.75 Å². The Morgan fingerprint density at radius 3 is 2.58 bits per heavy atom. The molecule has 3 aromatic rings. The molecule has 178 valence electrons. The number of benzene rings is 1. The maximum absolute atomic E-state index is 13.1. The van der Waals surface area contributed by atoms with Crippen LogP contribution in [0.15, 0.2) is 29.1 Å². The van der Waals surface area contributed by atoms with Gasteiger partial charge in [-0.2, -0.15) is 0 Å². The Balaban J connectivity index is 1.79. The van der Waals surface area contributed by atoms with Crippen LogP contribution in [0.5, 0.6) is 5.75 Å². The Labute approximate surface area is 195 Å². The number of tetrazole rings is 1. The molecule has 0 aliphatic heterocycles. The van der Waals surface area contributed by atoms with Crippen LogP contribution in [-0.2, 0) is 12.1 Å². The van der Waals surface area contributed by atoms with Gasteiger partial charge in [-0.05, 0) is 74.2 Å². The van der Waals surface area contributed by atoms with Gasteiger partial charge in [0.15, 0.2) is 5.82 Å².